The molecule has 2 fully saturated rings. The highest BCUT2D eigenvalue weighted by atomic mass is 16.5. The number of nitrogens with one attached hydrogen (secondary N) is 1. The SMILES string of the molecule is CC(NCCCC[C@@H](N)C(=O)N1CCOCC1)=C1C(=O)CC(C)(C)CC1=O. The fourth-order valence-electron chi connectivity index (χ4n) is 3.68. The predicted octanol–water partition coefficient (Wildman–Crippen LogP) is 1.16. The van der Waals surface area contributed by atoms with Gasteiger partial charge in [0.1, 0.15) is 0 Å². The van der Waals surface area contributed by atoms with Crippen molar-refractivity contribution in [2.24, 2.45) is 11.1 Å². The number of amides is 1. The highest BCUT2D eigenvalue weighted by Gasteiger charge is 2.36. The standard InChI is InChI=1S/C20H33N3O4/c1-14(18-16(24)12-20(2,3)13-17(18)25)22-7-5-4-6-15(21)19(26)23-8-10-27-11-9-23/h15,22H,4-13,21H2,1-3H3/t15-/m1/s1. The third kappa shape index (κ3) is 6.14. The van der Waals surface area contributed by atoms with Gasteiger partial charge in [-0.2, -0.15) is 0 Å². The number of rotatable bonds is 7. The second-order valence-corrected chi connectivity index (χ2v) is 8.33. The molecule has 0 unspecified atom stereocenters. The topological polar surface area (TPSA) is 102 Å². The van der Waals surface area contributed by atoms with E-state index in [-0.39, 0.29) is 22.9 Å². The summed E-state index contributed by atoms with van der Waals surface area (Å²) in [6, 6.07) is -0.480. The van der Waals surface area contributed by atoms with Crippen LogP contribution in [0.4, 0.5) is 0 Å². The molecule has 0 aromatic heterocycles. The quantitative estimate of drug-likeness (QED) is 0.391. The van der Waals surface area contributed by atoms with Crippen molar-refractivity contribution < 1.29 is 19.1 Å². The van der Waals surface area contributed by atoms with Gasteiger partial charge in [0.05, 0.1) is 24.8 Å². The number of unbranched alkanes of at least 4 members (excludes halogenated alkanes) is 1. The van der Waals surface area contributed by atoms with Gasteiger partial charge in [0.15, 0.2) is 11.6 Å². The van der Waals surface area contributed by atoms with Crippen molar-refractivity contribution in [2.45, 2.75) is 58.9 Å². The molecule has 0 aromatic rings. The molecule has 2 aliphatic rings. The van der Waals surface area contributed by atoms with E-state index in [2.05, 4.69) is 5.32 Å². The Balaban J connectivity index is 1.72. The molecule has 152 valence electrons. The average Bonchev–Trinajstić information content (AvgIpc) is 2.59. The Morgan fingerprint density at radius 2 is 1.78 bits per heavy atom. The maximum absolute atomic E-state index is 12.3. The van der Waals surface area contributed by atoms with Crippen LogP contribution in [0.5, 0.6) is 0 Å². The molecule has 1 saturated carbocycles. The first-order chi connectivity index (χ1) is 12.7. The first kappa shape index (κ1) is 21.6. The van der Waals surface area contributed by atoms with Crippen molar-refractivity contribution in [1.29, 1.82) is 0 Å². The van der Waals surface area contributed by atoms with Crippen LogP contribution in [0, 0.1) is 5.41 Å². The number of hydrogen-bond donors (Lipinski definition) is 2. The number of Topliss-reactive ketones (excluding diaryl/α,β-unsaturated/α-hetero) is 2. The van der Waals surface area contributed by atoms with Crippen LogP contribution in [0.25, 0.3) is 0 Å². The first-order valence-corrected chi connectivity index (χ1v) is 9.84. The van der Waals surface area contributed by atoms with Gasteiger partial charge in [-0.1, -0.05) is 13.8 Å². The normalized spacial score (nSPS) is 21.2. The molecule has 7 heteroatoms. The maximum atomic E-state index is 12.3. The Morgan fingerprint density at radius 1 is 1.19 bits per heavy atom. The Morgan fingerprint density at radius 3 is 2.37 bits per heavy atom. The molecule has 1 atom stereocenters. The molecule has 1 amide bonds. The highest BCUT2D eigenvalue weighted by Crippen LogP contribution is 2.34. The van der Waals surface area contributed by atoms with Gasteiger partial charge in [0.25, 0.3) is 0 Å². The molecule has 27 heavy (non-hydrogen) atoms. The van der Waals surface area contributed by atoms with Crippen molar-refractivity contribution in [3.05, 3.63) is 11.3 Å². The second kappa shape index (κ2) is 9.46. The van der Waals surface area contributed by atoms with Gasteiger partial charge in [0.2, 0.25) is 5.91 Å². The van der Waals surface area contributed by atoms with Crippen molar-refractivity contribution in [1.82, 2.24) is 10.2 Å². The summed E-state index contributed by atoms with van der Waals surface area (Å²) in [5, 5.41) is 3.19. The van der Waals surface area contributed by atoms with Crippen molar-refractivity contribution in [3.8, 4) is 0 Å². The number of allylic oxidation sites excluding steroid dienone is 2. The Kier molecular flexibility index (Phi) is 7.56. The van der Waals surface area contributed by atoms with E-state index in [9.17, 15) is 14.4 Å². The van der Waals surface area contributed by atoms with Gasteiger partial charge in [-0.25, -0.2) is 0 Å². The number of nitrogens with two attached hydrogens (primary N) is 1. The maximum Gasteiger partial charge on any atom is 0.239 e. The summed E-state index contributed by atoms with van der Waals surface area (Å²) < 4.78 is 5.25. The smallest absolute Gasteiger partial charge is 0.239 e. The summed E-state index contributed by atoms with van der Waals surface area (Å²) in [5.74, 6) is -0.149. The van der Waals surface area contributed by atoms with Crippen LogP contribution in [0.1, 0.15) is 52.9 Å². The number of nitrogens with zero attached hydrogens (tertiary/aromatic N) is 1. The van der Waals surface area contributed by atoms with Crippen LogP contribution in [0.2, 0.25) is 0 Å². The third-order valence-electron chi connectivity index (χ3n) is 5.18. The fourth-order valence-corrected chi connectivity index (χ4v) is 3.68. The molecule has 1 saturated heterocycles. The summed E-state index contributed by atoms with van der Waals surface area (Å²) in [6.45, 7) is 8.71. The predicted molar refractivity (Wildman–Crippen MR) is 103 cm³/mol. The van der Waals surface area contributed by atoms with Crippen LogP contribution in [-0.4, -0.2) is 61.3 Å². The molecular weight excluding hydrogens is 346 g/mol. The Hall–Kier alpha value is -1.73. The Labute approximate surface area is 161 Å². The minimum absolute atomic E-state index is 0.00873. The van der Waals surface area contributed by atoms with Crippen LogP contribution >= 0.6 is 0 Å². The van der Waals surface area contributed by atoms with E-state index < -0.39 is 6.04 Å². The van der Waals surface area contributed by atoms with E-state index in [0.29, 0.717) is 63.4 Å². The summed E-state index contributed by atoms with van der Waals surface area (Å²) >= 11 is 0. The fraction of sp³-hybridized carbons (Fsp3) is 0.750. The molecule has 3 N–H and O–H groups in total. The van der Waals surface area contributed by atoms with E-state index in [1.54, 1.807) is 11.8 Å². The lowest BCUT2D eigenvalue weighted by Gasteiger charge is -2.29. The molecule has 0 radical (unpaired) electrons. The lowest BCUT2D eigenvalue weighted by molar-refractivity contribution is -0.136. The minimum Gasteiger partial charge on any atom is -0.388 e. The number of morpholine rings is 1. The van der Waals surface area contributed by atoms with Crippen LogP contribution in [0.3, 0.4) is 0 Å². The van der Waals surface area contributed by atoms with Gasteiger partial charge in [-0.3, -0.25) is 14.4 Å². The van der Waals surface area contributed by atoms with E-state index in [4.69, 9.17) is 10.5 Å². The second-order valence-electron chi connectivity index (χ2n) is 8.33. The molecule has 1 aliphatic carbocycles. The number of carbonyl (C=O) groups is 3. The Bertz CT molecular complexity index is 584. The molecule has 7 nitrogen and oxygen atoms in total. The summed E-state index contributed by atoms with van der Waals surface area (Å²) in [6.07, 6.45) is 3.07. The number of ketones is 2. The number of ether oxygens (including phenoxy) is 1. The van der Waals surface area contributed by atoms with Gasteiger partial charge < -0.3 is 20.7 Å². The molecule has 0 aromatic carbocycles. The zero-order valence-corrected chi connectivity index (χ0v) is 16.8. The largest absolute Gasteiger partial charge is 0.388 e. The minimum atomic E-state index is -0.480. The average molecular weight is 380 g/mol. The van der Waals surface area contributed by atoms with Gasteiger partial charge >= 0.3 is 0 Å². The molecule has 1 aliphatic heterocycles. The summed E-state index contributed by atoms with van der Waals surface area (Å²) in [5.41, 5.74) is 6.76. The molecule has 1 heterocycles. The van der Waals surface area contributed by atoms with E-state index >= 15 is 0 Å². The van der Waals surface area contributed by atoms with Gasteiger partial charge in [-0.05, 0) is 31.6 Å². The van der Waals surface area contributed by atoms with Crippen molar-refractivity contribution in [3.63, 3.8) is 0 Å². The van der Waals surface area contributed by atoms with Gasteiger partial charge in [0, 0.05) is 38.2 Å². The highest BCUT2D eigenvalue weighted by molar-refractivity contribution is 6.22. The van der Waals surface area contributed by atoms with Crippen LogP contribution < -0.4 is 11.1 Å². The summed E-state index contributed by atoms with van der Waals surface area (Å²) in [4.78, 5) is 38.6. The van der Waals surface area contributed by atoms with E-state index in [0.717, 1.165) is 12.8 Å². The van der Waals surface area contributed by atoms with Crippen molar-refractivity contribution in [2.75, 3.05) is 32.8 Å². The lowest BCUT2D eigenvalue weighted by Crippen LogP contribution is -2.48. The third-order valence-corrected chi connectivity index (χ3v) is 5.18. The lowest BCUT2D eigenvalue weighted by atomic mass is 9.73. The van der Waals surface area contributed by atoms with Crippen LogP contribution in [0.15, 0.2) is 11.3 Å². The monoisotopic (exact) mass is 379 g/mol. The van der Waals surface area contributed by atoms with E-state index in [1.807, 2.05) is 13.8 Å². The molecular formula is C20H33N3O4. The van der Waals surface area contributed by atoms with Gasteiger partial charge in [-0.15, -0.1) is 0 Å². The molecule has 0 spiro atoms. The zero-order valence-electron chi connectivity index (χ0n) is 16.8. The van der Waals surface area contributed by atoms with E-state index in [1.165, 1.54) is 0 Å². The first-order valence-electron chi connectivity index (χ1n) is 9.84. The molecule has 2 rings (SSSR count). The van der Waals surface area contributed by atoms with Crippen molar-refractivity contribution >= 4 is 17.5 Å². The number of hydrogen-bond acceptors (Lipinski definition) is 6. The number of carbonyl (C=O) groups excluding carboxylic acids is 3. The zero-order chi connectivity index (χ0) is 20.0. The van der Waals surface area contributed by atoms with Crippen LogP contribution in [-0.2, 0) is 19.1 Å². The summed E-state index contributed by atoms with van der Waals surface area (Å²) in [7, 11) is 0. The molecule has 0 bridgehead atoms.